The van der Waals surface area contributed by atoms with Crippen molar-refractivity contribution in [3.63, 3.8) is 0 Å². The Morgan fingerprint density at radius 2 is 1.25 bits per heavy atom. The number of ether oxygens (including phenoxy) is 5. The Morgan fingerprint density at radius 3 is 1.78 bits per heavy atom. The first-order valence-electron chi connectivity index (χ1n) is 9.83. The summed E-state index contributed by atoms with van der Waals surface area (Å²) in [5, 5.41) is 0. The molecule has 0 amide bonds. The molecule has 2 aromatic rings. The third-order valence-corrected chi connectivity index (χ3v) is 4.49. The van der Waals surface area contributed by atoms with E-state index in [-0.39, 0.29) is 12.2 Å². The van der Waals surface area contributed by atoms with Gasteiger partial charge >= 0.3 is 23.9 Å². The lowest BCUT2D eigenvalue weighted by Crippen LogP contribution is -2.42. The van der Waals surface area contributed by atoms with Gasteiger partial charge in [-0.2, -0.15) is 0 Å². The smallest absolute Gasteiger partial charge is 0.338 e. The third kappa shape index (κ3) is 5.92. The van der Waals surface area contributed by atoms with Crippen LogP contribution in [0.5, 0.6) is 0 Å². The minimum absolute atomic E-state index is 0.255. The average molecular weight is 442 g/mol. The molecule has 2 aromatic carbocycles. The lowest BCUT2D eigenvalue weighted by Gasteiger charge is -2.23. The van der Waals surface area contributed by atoms with Crippen molar-refractivity contribution in [2.75, 3.05) is 6.61 Å². The van der Waals surface area contributed by atoms with E-state index >= 15 is 0 Å². The molecule has 1 aliphatic rings. The quantitative estimate of drug-likeness (QED) is 0.470. The molecule has 9 heteroatoms. The van der Waals surface area contributed by atoms with Gasteiger partial charge in [0, 0.05) is 13.8 Å². The van der Waals surface area contributed by atoms with E-state index in [1.165, 1.54) is 0 Å². The lowest BCUT2D eigenvalue weighted by molar-refractivity contribution is -0.196. The Hall–Kier alpha value is -3.72. The van der Waals surface area contributed by atoms with Crippen molar-refractivity contribution >= 4 is 23.9 Å². The molecule has 3 rings (SSSR count). The van der Waals surface area contributed by atoms with Crippen LogP contribution in [0.25, 0.3) is 0 Å². The van der Waals surface area contributed by atoms with Crippen molar-refractivity contribution in [1.82, 2.24) is 0 Å². The Labute approximate surface area is 184 Å². The fraction of sp³-hybridized carbons (Fsp3) is 0.304. The zero-order chi connectivity index (χ0) is 23.1. The van der Waals surface area contributed by atoms with E-state index in [0.29, 0.717) is 5.56 Å². The number of hydrogen-bond acceptors (Lipinski definition) is 9. The highest BCUT2D eigenvalue weighted by Crippen LogP contribution is 2.29. The first-order valence-corrected chi connectivity index (χ1v) is 9.83. The van der Waals surface area contributed by atoms with Gasteiger partial charge in [0.1, 0.15) is 12.7 Å². The molecule has 1 heterocycles. The molecule has 0 radical (unpaired) electrons. The van der Waals surface area contributed by atoms with Crippen molar-refractivity contribution < 1.29 is 42.9 Å². The standard InChI is InChI=1S/C23H22O9/c1-14(24)29-20-19(32-22(27)17-11-7-4-8-12-17)18(31-23(20)30-15(2)25)13-28-21(26)16-9-5-3-6-10-16/h3-12,18-20,23H,13H2,1-2H3/t18-,19+,20-,23+/m1/s1. The van der Waals surface area contributed by atoms with Crippen molar-refractivity contribution in [2.24, 2.45) is 0 Å². The molecule has 4 atom stereocenters. The van der Waals surface area contributed by atoms with E-state index in [1.54, 1.807) is 60.7 Å². The summed E-state index contributed by atoms with van der Waals surface area (Å²) in [5.41, 5.74) is 0.571. The molecule has 1 aliphatic heterocycles. The van der Waals surface area contributed by atoms with E-state index in [9.17, 15) is 19.2 Å². The first-order chi connectivity index (χ1) is 15.3. The SMILES string of the molecule is CC(=O)O[C@H]1O[C@H](COC(=O)c2ccccc2)[C@H](OC(=O)c2ccccc2)[C@H]1OC(C)=O. The highest BCUT2D eigenvalue weighted by molar-refractivity contribution is 5.90. The Morgan fingerprint density at radius 1 is 0.719 bits per heavy atom. The number of benzene rings is 2. The summed E-state index contributed by atoms with van der Waals surface area (Å²) in [5.74, 6) is -2.72. The summed E-state index contributed by atoms with van der Waals surface area (Å²) in [6.45, 7) is 1.97. The molecule has 168 valence electrons. The maximum atomic E-state index is 12.6. The van der Waals surface area contributed by atoms with E-state index in [2.05, 4.69) is 0 Å². The summed E-state index contributed by atoms with van der Waals surface area (Å²) in [6, 6.07) is 16.4. The van der Waals surface area contributed by atoms with Gasteiger partial charge in [-0.3, -0.25) is 9.59 Å². The van der Waals surface area contributed by atoms with Crippen molar-refractivity contribution in [3.8, 4) is 0 Å². The van der Waals surface area contributed by atoms with Crippen LogP contribution < -0.4 is 0 Å². The van der Waals surface area contributed by atoms with Crippen LogP contribution in [0.2, 0.25) is 0 Å². The van der Waals surface area contributed by atoms with Gasteiger partial charge in [0.25, 0.3) is 0 Å². The fourth-order valence-electron chi connectivity index (χ4n) is 3.12. The van der Waals surface area contributed by atoms with Crippen LogP contribution in [0.1, 0.15) is 34.6 Å². The van der Waals surface area contributed by atoms with Gasteiger partial charge in [-0.15, -0.1) is 0 Å². The Bertz CT molecular complexity index is 958. The lowest BCUT2D eigenvalue weighted by atomic mass is 10.1. The largest absolute Gasteiger partial charge is 0.459 e. The predicted molar refractivity (Wildman–Crippen MR) is 108 cm³/mol. The number of hydrogen-bond donors (Lipinski definition) is 0. The van der Waals surface area contributed by atoms with Crippen LogP contribution >= 0.6 is 0 Å². The number of carbonyl (C=O) groups excluding carboxylic acids is 4. The highest BCUT2D eigenvalue weighted by atomic mass is 16.8. The molecule has 0 unspecified atom stereocenters. The number of rotatable bonds is 7. The molecular formula is C23H22O9. The zero-order valence-electron chi connectivity index (χ0n) is 17.5. The summed E-state index contributed by atoms with van der Waals surface area (Å²) in [6.07, 6.45) is -4.83. The minimum atomic E-state index is -1.34. The topological polar surface area (TPSA) is 114 Å². The molecule has 1 saturated heterocycles. The molecule has 0 aromatic heterocycles. The maximum Gasteiger partial charge on any atom is 0.338 e. The number of carbonyl (C=O) groups is 4. The molecule has 9 nitrogen and oxygen atoms in total. The molecule has 0 aliphatic carbocycles. The molecule has 1 fully saturated rings. The van der Waals surface area contributed by atoms with Gasteiger partial charge in [0.15, 0.2) is 6.10 Å². The van der Waals surface area contributed by atoms with Crippen LogP contribution in [0, 0.1) is 0 Å². The van der Waals surface area contributed by atoms with Crippen LogP contribution in [0.3, 0.4) is 0 Å². The van der Waals surface area contributed by atoms with Crippen LogP contribution in [-0.2, 0) is 33.3 Å². The van der Waals surface area contributed by atoms with Gasteiger partial charge in [-0.1, -0.05) is 36.4 Å². The summed E-state index contributed by atoms with van der Waals surface area (Å²) in [7, 11) is 0. The maximum absolute atomic E-state index is 12.6. The molecule has 0 saturated carbocycles. The van der Waals surface area contributed by atoms with Crippen LogP contribution in [0.15, 0.2) is 60.7 Å². The van der Waals surface area contributed by atoms with Gasteiger partial charge in [-0.25, -0.2) is 9.59 Å². The van der Waals surface area contributed by atoms with Gasteiger partial charge < -0.3 is 23.7 Å². The Balaban J connectivity index is 1.80. The van der Waals surface area contributed by atoms with E-state index in [1.807, 2.05) is 0 Å². The van der Waals surface area contributed by atoms with Crippen molar-refractivity contribution in [1.29, 1.82) is 0 Å². The molecule has 32 heavy (non-hydrogen) atoms. The second-order valence-corrected chi connectivity index (χ2v) is 6.93. The van der Waals surface area contributed by atoms with E-state index in [0.717, 1.165) is 13.8 Å². The van der Waals surface area contributed by atoms with Crippen molar-refractivity contribution in [2.45, 2.75) is 38.4 Å². The monoisotopic (exact) mass is 442 g/mol. The fourth-order valence-corrected chi connectivity index (χ4v) is 3.12. The molecule has 0 bridgehead atoms. The first kappa shape index (κ1) is 23.0. The second kappa shape index (κ2) is 10.5. The predicted octanol–water partition coefficient (Wildman–Crippen LogP) is 2.29. The third-order valence-electron chi connectivity index (χ3n) is 4.49. The zero-order valence-corrected chi connectivity index (χ0v) is 17.5. The average Bonchev–Trinajstić information content (AvgIpc) is 3.08. The second-order valence-electron chi connectivity index (χ2n) is 6.93. The normalized spacial score (nSPS) is 21.9. The molecule has 0 spiro atoms. The summed E-state index contributed by atoms with van der Waals surface area (Å²) in [4.78, 5) is 48.1. The van der Waals surface area contributed by atoms with Gasteiger partial charge in [-0.05, 0) is 24.3 Å². The van der Waals surface area contributed by atoms with Crippen molar-refractivity contribution in [3.05, 3.63) is 71.8 Å². The molecule has 0 N–H and O–H groups in total. The summed E-state index contributed by atoms with van der Waals surface area (Å²) < 4.78 is 26.8. The van der Waals surface area contributed by atoms with Gasteiger partial charge in [0.2, 0.25) is 12.4 Å². The Kier molecular flexibility index (Phi) is 7.56. The van der Waals surface area contributed by atoms with Crippen LogP contribution in [0.4, 0.5) is 0 Å². The van der Waals surface area contributed by atoms with Gasteiger partial charge in [0.05, 0.1) is 11.1 Å². The minimum Gasteiger partial charge on any atom is -0.459 e. The summed E-state index contributed by atoms with van der Waals surface area (Å²) >= 11 is 0. The molecular weight excluding hydrogens is 420 g/mol. The van der Waals surface area contributed by atoms with E-state index < -0.39 is 48.5 Å². The number of esters is 4. The van der Waals surface area contributed by atoms with E-state index in [4.69, 9.17) is 23.7 Å². The van der Waals surface area contributed by atoms with Crippen LogP contribution in [-0.4, -0.2) is 55.1 Å². The highest BCUT2D eigenvalue weighted by Gasteiger charge is 2.51.